The molecule has 2 N–H and O–H groups in total. The molecule has 1 aromatic carbocycles. The Morgan fingerprint density at radius 2 is 2.24 bits per heavy atom. The molecule has 1 fully saturated rings. The molecule has 5 nitrogen and oxygen atoms in total. The van der Waals surface area contributed by atoms with E-state index in [2.05, 4.69) is 15.4 Å². The lowest BCUT2D eigenvalue weighted by atomic mass is 10.0. The quantitative estimate of drug-likeness (QED) is 0.833. The molecular formula is C14H18ClFN2O3. The van der Waals surface area contributed by atoms with Gasteiger partial charge in [-0.15, -0.1) is 12.4 Å². The molecule has 0 aromatic heterocycles. The molecule has 0 bridgehead atoms. The molecule has 0 radical (unpaired) electrons. The number of amides is 1. The summed E-state index contributed by atoms with van der Waals surface area (Å²) in [5, 5.41) is 5.68. The molecular weight excluding hydrogens is 299 g/mol. The van der Waals surface area contributed by atoms with Crippen molar-refractivity contribution in [2.75, 3.05) is 25.5 Å². The lowest BCUT2D eigenvalue weighted by molar-refractivity contribution is -0.117. The van der Waals surface area contributed by atoms with E-state index in [1.807, 2.05) is 0 Å². The van der Waals surface area contributed by atoms with Gasteiger partial charge in [0, 0.05) is 6.42 Å². The predicted octanol–water partition coefficient (Wildman–Crippen LogP) is 1.97. The van der Waals surface area contributed by atoms with Gasteiger partial charge in [-0.2, -0.15) is 0 Å². The Bertz CT molecular complexity index is 519. The van der Waals surface area contributed by atoms with Gasteiger partial charge < -0.3 is 15.4 Å². The largest absolute Gasteiger partial charge is 0.465 e. The summed E-state index contributed by atoms with van der Waals surface area (Å²) in [4.78, 5) is 23.2. The van der Waals surface area contributed by atoms with Crippen molar-refractivity contribution in [1.29, 1.82) is 0 Å². The number of hydrogen-bond donors (Lipinski definition) is 2. The molecule has 2 rings (SSSR count). The Morgan fingerprint density at radius 1 is 1.48 bits per heavy atom. The van der Waals surface area contributed by atoms with Crippen LogP contribution in [-0.4, -0.2) is 32.1 Å². The van der Waals surface area contributed by atoms with Crippen LogP contribution < -0.4 is 10.6 Å². The van der Waals surface area contributed by atoms with Gasteiger partial charge in [0.15, 0.2) is 0 Å². The summed E-state index contributed by atoms with van der Waals surface area (Å²) in [6.45, 7) is 1.71. The second-order valence-corrected chi connectivity index (χ2v) is 4.80. The highest BCUT2D eigenvalue weighted by Gasteiger charge is 2.19. The molecule has 1 aliphatic heterocycles. The van der Waals surface area contributed by atoms with E-state index in [-0.39, 0.29) is 35.5 Å². The Balaban J connectivity index is 0.00000220. The molecule has 1 atom stereocenters. The number of carbonyl (C=O) groups is 2. The van der Waals surface area contributed by atoms with Crippen LogP contribution in [0.25, 0.3) is 0 Å². The van der Waals surface area contributed by atoms with Crippen LogP contribution in [0.2, 0.25) is 0 Å². The minimum atomic E-state index is -0.574. The minimum absolute atomic E-state index is 0. The van der Waals surface area contributed by atoms with Crippen molar-refractivity contribution in [2.24, 2.45) is 5.92 Å². The fourth-order valence-corrected chi connectivity index (χ4v) is 2.22. The van der Waals surface area contributed by atoms with Gasteiger partial charge in [0.2, 0.25) is 5.91 Å². The molecule has 7 heteroatoms. The highest BCUT2D eigenvalue weighted by Crippen LogP contribution is 2.19. The highest BCUT2D eigenvalue weighted by atomic mass is 35.5. The summed E-state index contributed by atoms with van der Waals surface area (Å²) >= 11 is 0. The molecule has 21 heavy (non-hydrogen) atoms. The van der Waals surface area contributed by atoms with Gasteiger partial charge >= 0.3 is 5.97 Å². The molecule has 1 heterocycles. The SMILES string of the molecule is COC(=O)c1ccc(F)c(NC(=O)CC2CCNC2)c1.Cl. The lowest BCUT2D eigenvalue weighted by Gasteiger charge is -2.10. The third kappa shape index (κ3) is 4.68. The van der Waals surface area contributed by atoms with Crippen molar-refractivity contribution >= 4 is 30.0 Å². The summed E-state index contributed by atoms with van der Waals surface area (Å²) in [6.07, 6.45) is 1.28. The van der Waals surface area contributed by atoms with Crippen LogP contribution in [0.4, 0.5) is 10.1 Å². The first kappa shape index (κ1) is 17.4. The average Bonchev–Trinajstić information content (AvgIpc) is 2.93. The number of halogens is 2. The lowest BCUT2D eigenvalue weighted by Crippen LogP contribution is -2.19. The van der Waals surface area contributed by atoms with Crippen molar-refractivity contribution < 1.29 is 18.7 Å². The van der Waals surface area contributed by atoms with E-state index in [0.717, 1.165) is 25.6 Å². The number of esters is 1. The number of benzene rings is 1. The molecule has 1 aromatic rings. The number of hydrogen-bond acceptors (Lipinski definition) is 4. The summed E-state index contributed by atoms with van der Waals surface area (Å²) in [6, 6.07) is 3.74. The van der Waals surface area contributed by atoms with Crippen LogP contribution in [0.5, 0.6) is 0 Å². The number of anilines is 1. The van der Waals surface area contributed by atoms with Crippen molar-refractivity contribution in [3.05, 3.63) is 29.6 Å². The summed E-state index contributed by atoms with van der Waals surface area (Å²) < 4.78 is 18.2. The third-order valence-corrected chi connectivity index (χ3v) is 3.30. The van der Waals surface area contributed by atoms with Crippen LogP contribution in [-0.2, 0) is 9.53 Å². The van der Waals surface area contributed by atoms with E-state index in [1.54, 1.807) is 0 Å². The molecule has 1 unspecified atom stereocenters. The molecule has 0 spiro atoms. The molecule has 0 saturated carbocycles. The van der Waals surface area contributed by atoms with Crippen LogP contribution in [0.3, 0.4) is 0 Å². The van der Waals surface area contributed by atoms with Crippen LogP contribution in [0.15, 0.2) is 18.2 Å². The standard InChI is InChI=1S/C14H17FN2O3.ClH/c1-20-14(19)10-2-3-11(15)12(7-10)17-13(18)6-9-4-5-16-8-9;/h2-3,7,9,16H,4-6,8H2,1H3,(H,17,18);1H. The van der Waals surface area contributed by atoms with Gasteiger partial charge in [-0.25, -0.2) is 9.18 Å². The van der Waals surface area contributed by atoms with E-state index in [4.69, 9.17) is 0 Å². The molecule has 1 saturated heterocycles. The van der Waals surface area contributed by atoms with Gasteiger partial charge in [-0.05, 0) is 43.6 Å². The third-order valence-electron chi connectivity index (χ3n) is 3.30. The summed E-state index contributed by atoms with van der Waals surface area (Å²) in [5.74, 6) is -1.11. The molecule has 0 aliphatic carbocycles. The highest BCUT2D eigenvalue weighted by molar-refractivity contribution is 5.94. The Kier molecular flexibility index (Phi) is 6.58. The molecule has 1 aliphatic rings. The van der Waals surface area contributed by atoms with E-state index in [0.29, 0.717) is 6.42 Å². The number of methoxy groups -OCH3 is 1. The number of rotatable bonds is 4. The number of ether oxygens (including phenoxy) is 1. The zero-order valence-electron chi connectivity index (χ0n) is 11.6. The second kappa shape index (κ2) is 7.95. The van der Waals surface area contributed by atoms with Gasteiger partial charge in [0.25, 0.3) is 0 Å². The Labute approximate surface area is 128 Å². The molecule has 1 amide bonds. The number of carbonyl (C=O) groups excluding carboxylic acids is 2. The first-order valence-electron chi connectivity index (χ1n) is 6.48. The maximum Gasteiger partial charge on any atom is 0.337 e. The van der Waals surface area contributed by atoms with Crippen molar-refractivity contribution in [3.8, 4) is 0 Å². The van der Waals surface area contributed by atoms with E-state index in [1.165, 1.54) is 19.2 Å². The van der Waals surface area contributed by atoms with E-state index in [9.17, 15) is 14.0 Å². The Morgan fingerprint density at radius 3 is 2.86 bits per heavy atom. The van der Waals surface area contributed by atoms with E-state index >= 15 is 0 Å². The second-order valence-electron chi connectivity index (χ2n) is 4.80. The first-order chi connectivity index (χ1) is 9.60. The van der Waals surface area contributed by atoms with Crippen LogP contribution >= 0.6 is 12.4 Å². The fourth-order valence-electron chi connectivity index (χ4n) is 2.22. The fraction of sp³-hybridized carbons (Fsp3) is 0.429. The number of nitrogens with one attached hydrogen (secondary N) is 2. The predicted molar refractivity (Wildman–Crippen MR) is 79.2 cm³/mol. The molecule has 116 valence electrons. The van der Waals surface area contributed by atoms with Crippen LogP contribution in [0.1, 0.15) is 23.2 Å². The van der Waals surface area contributed by atoms with Crippen molar-refractivity contribution in [3.63, 3.8) is 0 Å². The topological polar surface area (TPSA) is 67.4 Å². The van der Waals surface area contributed by atoms with Crippen molar-refractivity contribution in [2.45, 2.75) is 12.8 Å². The van der Waals surface area contributed by atoms with Crippen LogP contribution in [0, 0.1) is 11.7 Å². The zero-order chi connectivity index (χ0) is 14.5. The maximum atomic E-state index is 13.6. The van der Waals surface area contributed by atoms with Gasteiger partial charge in [-0.1, -0.05) is 0 Å². The first-order valence-corrected chi connectivity index (χ1v) is 6.48. The monoisotopic (exact) mass is 316 g/mol. The normalized spacial score (nSPS) is 17.0. The maximum absolute atomic E-state index is 13.6. The minimum Gasteiger partial charge on any atom is -0.465 e. The smallest absolute Gasteiger partial charge is 0.337 e. The summed E-state index contributed by atoms with van der Waals surface area (Å²) in [7, 11) is 1.25. The Hall–Kier alpha value is -1.66. The van der Waals surface area contributed by atoms with Gasteiger partial charge in [0.05, 0.1) is 18.4 Å². The van der Waals surface area contributed by atoms with Gasteiger partial charge in [0.1, 0.15) is 5.82 Å². The van der Waals surface area contributed by atoms with Crippen molar-refractivity contribution in [1.82, 2.24) is 5.32 Å². The van der Waals surface area contributed by atoms with Gasteiger partial charge in [-0.3, -0.25) is 4.79 Å². The average molecular weight is 317 g/mol. The zero-order valence-corrected chi connectivity index (χ0v) is 12.5. The summed E-state index contributed by atoms with van der Waals surface area (Å²) in [5.41, 5.74) is 0.204. The van der Waals surface area contributed by atoms with E-state index < -0.39 is 11.8 Å².